The number of carbonyl (C=O) groups excluding carboxylic acids is 2. The third kappa shape index (κ3) is 6.35. The minimum atomic E-state index is -0.387. The number of unbranched alkanes of at least 4 members (excludes halogenated alkanes) is 1. The number of ether oxygens (including phenoxy) is 1. The molecular formula is C22H34N2O3. The molecule has 27 heavy (non-hydrogen) atoms. The average Bonchev–Trinajstić information content (AvgIpc) is 3.50. The van der Waals surface area contributed by atoms with Gasteiger partial charge in [0.15, 0.2) is 5.78 Å². The standard InChI is InChI=1S/C22H34N2O3/c1-5-6-9-18-10-7-8-11-20(18)27-15-14-23-21(19-12-13-19)22(26)24(4)16(2)17(3)25/h7-8,10-11,16,19,21,23H,5-6,9,12-15H2,1-4H3/t16-,21+/m1/s1. The maximum Gasteiger partial charge on any atom is 0.240 e. The Labute approximate surface area is 163 Å². The monoisotopic (exact) mass is 374 g/mol. The minimum Gasteiger partial charge on any atom is -0.492 e. The highest BCUT2D eigenvalue weighted by Gasteiger charge is 2.38. The first-order valence-electron chi connectivity index (χ1n) is 10.2. The van der Waals surface area contributed by atoms with E-state index < -0.39 is 0 Å². The maximum absolute atomic E-state index is 12.8. The highest BCUT2D eigenvalue weighted by Crippen LogP contribution is 2.33. The molecule has 2 rings (SSSR count). The molecular weight excluding hydrogens is 340 g/mol. The number of carbonyl (C=O) groups is 2. The van der Waals surface area contributed by atoms with E-state index in [1.807, 2.05) is 18.2 Å². The summed E-state index contributed by atoms with van der Waals surface area (Å²) < 4.78 is 5.97. The van der Waals surface area contributed by atoms with Crippen molar-refractivity contribution in [1.82, 2.24) is 10.2 Å². The zero-order valence-electron chi connectivity index (χ0n) is 17.2. The Balaban J connectivity index is 1.85. The van der Waals surface area contributed by atoms with Gasteiger partial charge in [0.05, 0.1) is 12.1 Å². The molecule has 1 aliphatic rings. The molecule has 0 heterocycles. The van der Waals surface area contributed by atoms with Crippen molar-refractivity contribution < 1.29 is 14.3 Å². The summed E-state index contributed by atoms with van der Waals surface area (Å²) in [6, 6.07) is 7.55. The minimum absolute atomic E-state index is 0.00328. The number of hydrogen-bond acceptors (Lipinski definition) is 4. The van der Waals surface area contributed by atoms with Gasteiger partial charge in [-0.05, 0) is 57.1 Å². The molecule has 1 aliphatic carbocycles. The SMILES string of the molecule is CCCCc1ccccc1OCCN[C@H](C(=O)N(C)[C@H](C)C(C)=O)C1CC1. The van der Waals surface area contributed by atoms with E-state index in [1.165, 1.54) is 12.5 Å². The number of Topliss-reactive ketones (excluding diaryl/α,β-unsaturated/α-hetero) is 1. The first kappa shape index (κ1) is 21.4. The highest BCUT2D eigenvalue weighted by atomic mass is 16.5. The molecule has 1 N–H and O–H groups in total. The van der Waals surface area contributed by atoms with Crippen LogP contribution >= 0.6 is 0 Å². The number of para-hydroxylation sites is 1. The van der Waals surface area contributed by atoms with Crippen molar-refractivity contribution in [3.8, 4) is 5.75 Å². The molecule has 5 nitrogen and oxygen atoms in total. The lowest BCUT2D eigenvalue weighted by Gasteiger charge is -2.28. The van der Waals surface area contributed by atoms with Crippen LogP contribution in [0.4, 0.5) is 0 Å². The smallest absolute Gasteiger partial charge is 0.240 e. The fraction of sp³-hybridized carbons (Fsp3) is 0.636. The number of nitrogens with zero attached hydrogens (tertiary/aromatic N) is 1. The van der Waals surface area contributed by atoms with Gasteiger partial charge < -0.3 is 15.0 Å². The third-order valence-corrected chi connectivity index (χ3v) is 5.37. The number of benzene rings is 1. The van der Waals surface area contributed by atoms with E-state index in [0.29, 0.717) is 19.1 Å². The summed E-state index contributed by atoms with van der Waals surface area (Å²) in [5, 5.41) is 3.36. The van der Waals surface area contributed by atoms with E-state index in [1.54, 1.807) is 18.9 Å². The van der Waals surface area contributed by atoms with Crippen molar-refractivity contribution >= 4 is 11.7 Å². The molecule has 0 bridgehead atoms. The fourth-order valence-electron chi connectivity index (χ4n) is 3.16. The third-order valence-electron chi connectivity index (χ3n) is 5.37. The van der Waals surface area contributed by atoms with Crippen molar-refractivity contribution in [3.05, 3.63) is 29.8 Å². The summed E-state index contributed by atoms with van der Waals surface area (Å²) in [5.74, 6) is 1.32. The first-order valence-corrected chi connectivity index (χ1v) is 10.2. The molecule has 2 atom stereocenters. The molecule has 0 saturated heterocycles. The van der Waals surface area contributed by atoms with Gasteiger partial charge in [0.25, 0.3) is 0 Å². The number of likely N-dealkylation sites (N-methyl/N-ethyl adjacent to an activating group) is 1. The van der Waals surface area contributed by atoms with E-state index in [0.717, 1.165) is 37.9 Å². The van der Waals surface area contributed by atoms with Crippen LogP contribution in [-0.2, 0) is 16.0 Å². The summed E-state index contributed by atoms with van der Waals surface area (Å²) in [6.45, 7) is 6.62. The molecule has 150 valence electrons. The lowest BCUT2D eigenvalue weighted by atomic mass is 10.1. The topological polar surface area (TPSA) is 58.6 Å². The number of aryl methyl sites for hydroxylation is 1. The average molecular weight is 375 g/mol. The Kier molecular flexibility index (Phi) is 8.29. The molecule has 5 heteroatoms. The molecule has 1 aromatic carbocycles. The van der Waals surface area contributed by atoms with Gasteiger partial charge in [0.2, 0.25) is 5.91 Å². The fourth-order valence-corrected chi connectivity index (χ4v) is 3.16. The van der Waals surface area contributed by atoms with Crippen LogP contribution in [0.3, 0.4) is 0 Å². The van der Waals surface area contributed by atoms with Crippen molar-refractivity contribution in [2.75, 3.05) is 20.2 Å². The maximum atomic E-state index is 12.8. The van der Waals surface area contributed by atoms with Gasteiger partial charge in [0.1, 0.15) is 12.4 Å². The Morgan fingerprint density at radius 3 is 2.63 bits per heavy atom. The molecule has 1 amide bonds. The van der Waals surface area contributed by atoms with Gasteiger partial charge >= 0.3 is 0 Å². The molecule has 0 aliphatic heterocycles. The van der Waals surface area contributed by atoms with Crippen molar-refractivity contribution in [2.24, 2.45) is 5.92 Å². The lowest BCUT2D eigenvalue weighted by molar-refractivity contribution is -0.139. The summed E-state index contributed by atoms with van der Waals surface area (Å²) >= 11 is 0. The van der Waals surface area contributed by atoms with Crippen LogP contribution in [-0.4, -0.2) is 48.9 Å². The highest BCUT2D eigenvalue weighted by molar-refractivity contribution is 5.89. The summed E-state index contributed by atoms with van der Waals surface area (Å²) in [7, 11) is 1.71. The Morgan fingerprint density at radius 2 is 2.00 bits per heavy atom. The van der Waals surface area contributed by atoms with Crippen LogP contribution < -0.4 is 10.1 Å². The van der Waals surface area contributed by atoms with E-state index in [2.05, 4.69) is 18.3 Å². The predicted octanol–water partition coefficient (Wildman–Crippen LogP) is 3.21. The Bertz CT molecular complexity index is 628. The number of rotatable bonds is 12. The molecule has 1 fully saturated rings. The molecule has 0 spiro atoms. The molecule has 0 aromatic heterocycles. The summed E-state index contributed by atoms with van der Waals surface area (Å²) in [5.41, 5.74) is 1.24. The molecule has 0 unspecified atom stereocenters. The van der Waals surface area contributed by atoms with E-state index in [9.17, 15) is 9.59 Å². The van der Waals surface area contributed by atoms with Crippen molar-refractivity contribution in [3.63, 3.8) is 0 Å². The van der Waals surface area contributed by atoms with Crippen LogP contribution in [0.2, 0.25) is 0 Å². The zero-order valence-corrected chi connectivity index (χ0v) is 17.2. The predicted molar refractivity (Wildman–Crippen MR) is 108 cm³/mol. The van der Waals surface area contributed by atoms with Crippen LogP contribution in [0.5, 0.6) is 5.75 Å². The van der Waals surface area contributed by atoms with Crippen LogP contribution in [0, 0.1) is 5.92 Å². The Hall–Kier alpha value is -1.88. The summed E-state index contributed by atoms with van der Waals surface area (Å²) in [4.78, 5) is 25.9. The van der Waals surface area contributed by atoms with Gasteiger partial charge in [-0.3, -0.25) is 9.59 Å². The first-order chi connectivity index (χ1) is 13.0. The van der Waals surface area contributed by atoms with E-state index in [-0.39, 0.29) is 23.8 Å². The number of ketones is 1. The van der Waals surface area contributed by atoms with Crippen molar-refractivity contribution in [2.45, 2.75) is 65.0 Å². The van der Waals surface area contributed by atoms with Gasteiger partial charge in [0, 0.05) is 13.6 Å². The van der Waals surface area contributed by atoms with Gasteiger partial charge in [-0.25, -0.2) is 0 Å². The van der Waals surface area contributed by atoms with Crippen molar-refractivity contribution in [1.29, 1.82) is 0 Å². The Morgan fingerprint density at radius 1 is 1.30 bits per heavy atom. The van der Waals surface area contributed by atoms with E-state index in [4.69, 9.17) is 4.74 Å². The van der Waals surface area contributed by atoms with Crippen LogP contribution in [0.1, 0.15) is 52.0 Å². The normalized spacial score (nSPS) is 15.9. The largest absolute Gasteiger partial charge is 0.492 e. The van der Waals surface area contributed by atoms with Crippen LogP contribution in [0.15, 0.2) is 24.3 Å². The zero-order chi connectivity index (χ0) is 19.8. The lowest BCUT2D eigenvalue weighted by Crippen LogP contribution is -2.51. The number of amides is 1. The second-order valence-electron chi connectivity index (χ2n) is 7.56. The van der Waals surface area contributed by atoms with Gasteiger partial charge in [-0.1, -0.05) is 31.5 Å². The number of hydrogen-bond donors (Lipinski definition) is 1. The van der Waals surface area contributed by atoms with Gasteiger partial charge in [-0.2, -0.15) is 0 Å². The quantitative estimate of drug-likeness (QED) is 0.571. The van der Waals surface area contributed by atoms with Crippen LogP contribution in [0.25, 0.3) is 0 Å². The molecule has 0 radical (unpaired) electrons. The van der Waals surface area contributed by atoms with E-state index >= 15 is 0 Å². The molecule has 1 saturated carbocycles. The molecule has 1 aromatic rings. The second-order valence-corrected chi connectivity index (χ2v) is 7.56. The number of nitrogens with one attached hydrogen (secondary N) is 1. The van der Waals surface area contributed by atoms with Gasteiger partial charge in [-0.15, -0.1) is 0 Å². The second kappa shape index (κ2) is 10.5. The summed E-state index contributed by atoms with van der Waals surface area (Å²) in [6.07, 6.45) is 5.46.